The van der Waals surface area contributed by atoms with Gasteiger partial charge in [0.2, 0.25) is 5.91 Å². The highest BCUT2D eigenvalue weighted by Crippen LogP contribution is 2.20. The Morgan fingerprint density at radius 1 is 1.21 bits per heavy atom. The fourth-order valence-electron chi connectivity index (χ4n) is 4.58. The molecule has 8 nitrogen and oxygen atoms in total. The average Bonchev–Trinajstić information content (AvgIpc) is 2.93. The number of carboxylic acids is 1. The highest BCUT2D eigenvalue weighted by Gasteiger charge is 2.23. The maximum absolute atomic E-state index is 13.9. The highest BCUT2D eigenvalue weighted by molar-refractivity contribution is 5.84. The van der Waals surface area contributed by atoms with E-state index in [0.717, 1.165) is 68.4 Å². The van der Waals surface area contributed by atoms with Gasteiger partial charge in [-0.2, -0.15) is 0 Å². The van der Waals surface area contributed by atoms with Gasteiger partial charge in [0.15, 0.2) is 0 Å². The van der Waals surface area contributed by atoms with E-state index in [1.54, 1.807) is 0 Å². The van der Waals surface area contributed by atoms with Gasteiger partial charge >= 0.3 is 5.97 Å². The Balaban J connectivity index is 1.52. The summed E-state index contributed by atoms with van der Waals surface area (Å²) in [6.45, 7) is 1.36. The normalized spacial score (nSPS) is 14.4. The first-order chi connectivity index (χ1) is 18.8. The minimum absolute atomic E-state index is 0.0491. The van der Waals surface area contributed by atoms with Crippen molar-refractivity contribution >= 4 is 17.7 Å². The molecule has 1 aromatic heterocycles. The summed E-state index contributed by atoms with van der Waals surface area (Å²) in [4.78, 5) is 30.8. The standard InChI is InChI=1S/C28H37F3N4O4/c1-39-23(17-29)18-35(13-3-2-6-22-9-7-19-5-4-12-32-27(19)33-22)14-11-25(28(37)38)34-26(36)16-20-15-21(30)8-10-24(20)31/h7-10,15,23,25H,2-6,11-14,16-18H2,1H3,(H,32,33)(H,34,36)(H,37,38). The van der Waals surface area contributed by atoms with Crippen molar-refractivity contribution in [3.63, 3.8) is 0 Å². The van der Waals surface area contributed by atoms with Crippen LogP contribution in [-0.2, 0) is 33.6 Å². The van der Waals surface area contributed by atoms with Crippen LogP contribution in [0.3, 0.4) is 0 Å². The van der Waals surface area contributed by atoms with Gasteiger partial charge in [-0.15, -0.1) is 0 Å². The molecule has 3 N–H and O–H groups in total. The summed E-state index contributed by atoms with van der Waals surface area (Å²) in [5, 5.41) is 15.4. The Hall–Kier alpha value is -3.18. The van der Waals surface area contributed by atoms with E-state index >= 15 is 0 Å². The summed E-state index contributed by atoms with van der Waals surface area (Å²) in [5.41, 5.74) is 2.07. The Labute approximate surface area is 226 Å². The molecule has 0 saturated carbocycles. The number of nitrogens with zero attached hydrogens (tertiary/aromatic N) is 2. The Morgan fingerprint density at radius 3 is 2.77 bits per heavy atom. The second-order valence-corrected chi connectivity index (χ2v) is 9.77. The van der Waals surface area contributed by atoms with Gasteiger partial charge in [-0.1, -0.05) is 6.07 Å². The molecule has 2 heterocycles. The molecule has 3 rings (SSSR count). The van der Waals surface area contributed by atoms with Crippen LogP contribution in [0.15, 0.2) is 30.3 Å². The lowest BCUT2D eigenvalue weighted by Gasteiger charge is -2.27. The maximum Gasteiger partial charge on any atom is 0.326 e. The number of methoxy groups -OCH3 is 1. The van der Waals surface area contributed by atoms with Crippen LogP contribution in [0.1, 0.15) is 42.5 Å². The van der Waals surface area contributed by atoms with E-state index in [2.05, 4.69) is 16.7 Å². The van der Waals surface area contributed by atoms with E-state index in [0.29, 0.717) is 6.54 Å². The zero-order valence-corrected chi connectivity index (χ0v) is 22.2. The Morgan fingerprint density at radius 2 is 2.03 bits per heavy atom. The van der Waals surface area contributed by atoms with E-state index in [-0.39, 0.29) is 25.1 Å². The van der Waals surface area contributed by atoms with Gasteiger partial charge in [-0.05, 0) is 74.9 Å². The molecule has 1 aliphatic heterocycles. The highest BCUT2D eigenvalue weighted by atomic mass is 19.1. The first-order valence-electron chi connectivity index (χ1n) is 13.3. The van der Waals surface area contributed by atoms with Gasteiger partial charge in [-0.3, -0.25) is 4.79 Å². The van der Waals surface area contributed by atoms with Crippen molar-refractivity contribution in [3.8, 4) is 0 Å². The minimum Gasteiger partial charge on any atom is -0.480 e. The number of alkyl halides is 1. The third kappa shape index (κ3) is 9.81. The zero-order chi connectivity index (χ0) is 28.2. The number of aromatic nitrogens is 1. The lowest BCUT2D eigenvalue weighted by atomic mass is 10.1. The van der Waals surface area contributed by atoms with Crippen molar-refractivity contribution in [3.05, 3.63) is 58.8 Å². The monoisotopic (exact) mass is 550 g/mol. The molecule has 39 heavy (non-hydrogen) atoms. The van der Waals surface area contributed by atoms with Crippen LogP contribution in [0.5, 0.6) is 0 Å². The number of rotatable bonds is 16. The zero-order valence-electron chi connectivity index (χ0n) is 22.2. The number of ether oxygens (including phenoxy) is 1. The molecule has 2 unspecified atom stereocenters. The van der Waals surface area contributed by atoms with Gasteiger partial charge in [0.1, 0.15) is 30.2 Å². The number of hydrogen-bond donors (Lipinski definition) is 3. The molecule has 1 aliphatic rings. The number of carbonyl (C=O) groups is 2. The quantitative estimate of drug-likeness (QED) is 0.275. The second kappa shape index (κ2) is 15.4. The number of aliphatic carboxylic acids is 1. The van der Waals surface area contributed by atoms with Crippen LogP contribution in [-0.4, -0.2) is 79.0 Å². The molecule has 2 atom stereocenters. The molecule has 1 aromatic carbocycles. The van der Waals surface area contributed by atoms with Crippen molar-refractivity contribution in [1.82, 2.24) is 15.2 Å². The van der Waals surface area contributed by atoms with Crippen molar-refractivity contribution < 1.29 is 32.6 Å². The summed E-state index contributed by atoms with van der Waals surface area (Å²) in [7, 11) is 1.42. The lowest BCUT2D eigenvalue weighted by Crippen LogP contribution is -2.45. The molecular weight excluding hydrogens is 513 g/mol. The number of halogens is 3. The van der Waals surface area contributed by atoms with Crippen LogP contribution in [0, 0.1) is 11.6 Å². The second-order valence-electron chi connectivity index (χ2n) is 9.77. The molecule has 0 saturated heterocycles. The van der Waals surface area contributed by atoms with Gasteiger partial charge in [0.05, 0.1) is 12.5 Å². The Bertz CT molecular complexity index is 1100. The molecule has 11 heteroatoms. The summed E-state index contributed by atoms with van der Waals surface area (Å²) in [5.74, 6) is -2.46. The van der Waals surface area contributed by atoms with Crippen LogP contribution in [0.25, 0.3) is 0 Å². The third-order valence-electron chi connectivity index (χ3n) is 6.80. The number of pyridine rings is 1. The fourth-order valence-corrected chi connectivity index (χ4v) is 4.58. The van der Waals surface area contributed by atoms with Crippen LogP contribution >= 0.6 is 0 Å². The van der Waals surface area contributed by atoms with Gasteiger partial charge in [-0.25, -0.2) is 22.9 Å². The summed E-state index contributed by atoms with van der Waals surface area (Å²) in [6, 6.07) is 5.68. The lowest BCUT2D eigenvalue weighted by molar-refractivity contribution is -0.142. The smallest absolute Gasteiger partial charge is 0.326 e. The van der Waals surface area contributed by atoms with Gasteiger partial charge in [0, 0.05) is 38.0 Å². The van der Waals surface area contributed by atoms with Crippen LogP contribution in [0.2, 0.25) is 0 Å². The molecular formula is C28H37F3N4O4. The first-order valence-corrected chi connectivity index (χ1v) is 13.3. The fraction of sp³-hybridized carbons (Fsp3) is 0.536. The molecule has 0 fully saturated rings. The van der Waals surface area contributed by atoms with Gasteiger partial charge in [0.25, 0.3) is 0 Å². The number of nitrogens with one attached hydrogen (secondary N) is 2. The third-order valence-corrected chi connectivity index (χ3v) is 6.80. The van der Waals surface area contributed by atoms with Crippen molar-refractivity contribution in [1.29, 1.82) is 0 Å². The largest absolute Gasteiger partial charge is 0.480 e. The van der Waals surface area contributed by atoms with Crippen molar-refractivity contribution in [2.24, 2.45) is 0 Å². The van der Waals surface area contributed by atoms with Gasteiger partial charge < -0.3 is 25.4 Å². The number of anilines is 1. The van der Waals surface area contributed by atoms with E-state index < -0.39 is 48.8 Å². The molecule has 0 radical (unpaired) electrons. The van der Waals surface area contributed by atoms with E-state index in [9.17, 15) is 27.9 Å². The Kier molecular flexibility index (Phi) is 12.0. The number of carbonyl (C=O) groups excluding carboxylic acids is 1. The molecule has 1 amide bonds. The van der Waals surface area contributed by atoms with Crippen LogP contribution in [0.4, 0.5) is 19.0 Å². The predicted molar refractivity (Wildman–Crippen MR) is 141 cm³/mol. The number of amides is 1. The first kappa shape index (κ1) is 30.4. The average molecular weight is 551 g/mol. The number of aryl methyl sites for hydroxylation is 2. The number of hydrogen-bond acceptors (Lipinski definition) is 6. The number of fused-ring (bicyclic) bond motifs is 1. The van der Waals surface area contributed by atoms with E-state index in [1.165, 1.54) is 12.7 Å². The topological polar surface area (TPSA) is 104 Å². The van der Waals surface area contributed by atoms with Crippen molar-refractivity contribution in [2.45, 2.75) is 57.1 Å². The molecule has 0 bridgehead atoms. The van der Waals surface area contributed by atoms with Crippen molar-refractivity contribution in [2.75, 3.05) is 45.3 Å². The minimum atomic E-state index is -1.25. The number of benzene rings is 1. The molecule has 0 aliphatic carbocycles. The maximum atomic E-state index is 13.9. The predicted octanol–water partition coefficient (Wildman–Crippen LogP) is 3.53. The van der Waals surface area contributed by atoms with Crippen LogP contribution < -0.4 is 10.6 Å². The number of unbranched alkanes of at least 4 members (excludes halogenated alkanes) is 1. The number of carboxylic acid groups (broad SMARTS) is 1. The summed E-state index contributed by atoms with van der Waals surface area (Å²) < 4.78 is 45.8. The summed E-state index contributed by atoms with van der Waals surface area (Å²) >= 11 is 0. The summed E-state index contributed by atoms with van der Waals surface area (Å²) in [6.07, 6.45) is 3.43. The SMILES string of the molecule is COC(CF)CN(CCCCc1ccc2c(n1)NCCC2)CCC(NC(=O)Cc1cc(F)ccc1F)C(=O)O. The molecule has 214 valence electrons. The molecule has 2 aromatic rings. The molecule has 0 spiro atoms. The van der Waals surface area contributed by atoms with E-state index in [1.807, 2.05) is 11.0 Å². The van der Waals surface area contributed by atoms with E-state index in [4.69, 9.17) is 9.72 Å².